The first-order valence-electron chi connectivity index (χ1n) is 10.2. The molecule has 160 valence electrons. The molecule has 0 radical (unpaired) electrons. The second kappa shape index (κ2) is 10.7. The molecular formula is C22H28N4O4. The molecule has 1 fully saturated rings. The summed E-state index contributed by atoms with van der Waals surface area (Å²) in [6, 6.07) is 11.1. The second-order valence-corrected chi connectivity index (χ2v) is 7.27. The van der Waals surface area contributed by atoms with Gasteiger partial charge in [0.25, 0.3) is 0 Å². The lowest BCUT2D eigenvalue weighted by Gasteiger charge is -2.32. The lowest BCUT2D eigenvalue weighted by molar-refractivity contribution is -0.122. The Bertz CT molecular complexity index is 866. The van der Waals surface area contributed by atoms with Crippen molar-refractivity contribution in [2.45, 2.75) is 38.8 Å². The fourth-order valence-electron chi connectivity index (χ4n) is 3.41. The van der Waals surface area contributed by atoms with E-state index in [1.807, 2.05) is 23.3 Å². The van der Waals surface area contributed by atoms with Crippen LogP contribution in [0.1, 0.15) is 41.4 Å². The molecular weight excluding hydrogens is 384 g/mol. The van der Waals surface area contributed by atoms with E-state index in [1.54, 1.807) is 0 Å². The number of aromatic nitrogens is 1. The Balaban J connectivity index is 1.37. The van der Waals surface area contributed by atoms with Gasteiger partial charge in [0.1, 0.15) is 0 Å². The number of carbonyl (C=O) groups is 2. The minimum atomic E-state index is -0.995. The molecule has 8 nitrogen and oxygen atoms in total. The first-order valence-corrected chi connectivity index (χ1v) is 10.2. The van der Waals surface area contributed by atoms with Crippen LogP contribution in [0.4, 0.5) is 0 Å². The standard InChI is InChI=1S/C22H28N4O4/c1-2-16-5-3-4-6-20(16)30-26-11-8-18(9-12-26)25-21(27)15-23-14-19-13-17(22(28)29)7-10-24-19/h3-7,10,13,18,23H,2,8-9,11-12,14-15H2,1H3,(H,25,27)(H,28,29). The van der Waals surface area contributed by atoms with E-state index in [0.717, 1.165) is 38.1 Å². The van der Waals surface area contributed by atoms with Gasteiger partial charge < -0.3 is 20.6 Å². The van der Waals surface area contributed by atoms with Crippen molar-refractivity contribution in [3.8, 4) is 5.75 Å². The van der Waals surface area contributed by atoms with Crippen LogP contribution in [-0.2, 0) is 17.8 Å². The number of piperidine rings is 1. The Labute approximate surface area is 176 Å². The van der Waals surface area contributed by atoms with Crippen molar-refractivity contribution in [1.82, 2.24) is 20.7 Å². The number of pyridine rings is 1. The van der Waals surface area contributed by atoms with Crippen LogP contribution in [0.25, 0.3) is 0 Å². The van der Waals surface area contributed by atoms with Crippen molar-refractivity contribution in [1.29, 1.82) is 0 Å². The highest BCUT2D eigenvalue weighted by Gasteiger charge is 2.22. The second-order valence-electron chi connectivity index (χ2n) is 7.27. The molecule has 8 heteroatoms. The third kappa shape index (κ3) is 6.27. The number of aromatic carboxylic acids is 1. The summed E-state index contributed by atoms with van der Waals surface area (Å²) in [5, 5.41) is 17.0. The van der Waals surface area contributed by atoms with Crippen LogP contribution in [0.3, 0.4) is 0 Å². The molecule has 1 saturated heterocycles. The summed E-state index contributed by atoms with van der Waals surface area (Å²) in [7, 11) is 0. The molecule has 0 bridgehead atoms. The summed E-state index contributed by atoms with van der Waals surface area (Å²) in [6.07, 6.45) is 4.02. The Kier molecular flexibility index (Phi) is 7.75. The molecule has 1 aliphatic rings. The fourth-order valence-corrected chi connectivity index (χ4v) is 3.41. The number of aryl methyl sites for hydroxylation is 1. The molecule has 2 heterocycles. The van der Waals surface area contributed by atoms with Crippen LogP contribution in [0.15, 0.2) is 42.6 Å². The largest absolute Gasteiger partial charge is 0.478 e. The lowest BCUT2D eigenvalue weighted by atomic mass is 10.1. The molecule has 1 amide bonds. The number of hydrogen-bond acceptors (Lipinski definition) is 6. The number of nitrogens with zero attached hydrogens (tertiary/aromatic N) is 2. The highest BCUT2D eigenvalue weighted by atomic mass is 16.7. The van der Waals surface area contributed by atoms with Crippen LogP contribution in [0, 0.1) is 0 Å². The van der Waals surface area contributed by atoms with Gasteiger partial charge in [-0.15, -0.1) is 5.06 Å². The SMILES string of the molecule is CCc1ccccc1ON1CCC(NC(=O)CNCc2cc(C(=O)O)ccn2)CC1. The molecule has 0 spiro atoms. The van der Waals surface area contributed by atoms with Gasteiger partial charge in [0.2, 0.25) is 5.91 Å². The minimum Gasteiger partial charge on any atom is -0.478 e. The van der Waals surface area contributed by atoms with Gasteiger partial charge in [0, 0.05) is 31.9 Å². The third-order valence-corrected chi connectivity index (χ3v) is 5.06. The molecule has 3 rings (SSSR count). The fraction of sp³-hybridized carbons (Fsp3) is 0.409. The van der Waals surface area contributed by atoms with E-state index in [9.17, 15) is 9.59 Å². The summed E-state index contributed by atoms with van der Waals surface area (Å²) < 4.78 is 0. The van der Waals surface area contributed by atoms with Gasteiger partial charge in [0.15, 0.2) is 5.75 Å². The predicted molar refractivity (Wildman–Crippen MR) is 112 cm³/mol. The number of rotatable bonds is 9. The zero-order chi connectivity index (χ0) is 21.3. The molecule has 30 heavy (non-hydrogen) atoms. The molecule has 0 atom stereocenters. The maximum Gasteiger partial charge on any atom is 0.335 e. The molecule has 0 aliphatic carbocycles. The molecule has 0 saturated carbocycles. The van der Waals surface area contributed by atoms with Gasteiger partial charge in [-0.2, -0.15) is 0 Å². The van der Waals surface area contributed by atoms with E-state index in [0.29, 0.717) is 12.2 Å². The topological polar surface area (TPSA) is 104 Å². The summed E-state index contributed by atoms with van der Waals surface area (Å²) in [5.41, 5.74) is 1.95. The summed E-state index contributed by atoms with van der Waals surface area (Å²) >= 11 is 0. The molecule has 3 N–H and O–H groups in total. The average Bonchev–Trinajstić information content (AvgIpc) is 2.75. The van der Waals surface area contributed by atoms with Crippen LogP contribution < -0.4 is 15.5 Å². The quantitative estimate of drug-likeness (QED) is 0.579. The maximum atomic E-state index is 12.2. The summed E-state index contributed by atoms with van der Waals surface area (Å²) in [6.45, 7) is 4.10. The zero-order valence-electron chi connectivity index (χ0n) is 17.1. The Morgan fingerprint density at radius 2 is 2.00 bits per heavy atom. The molecule has 2 aromatic rings. The zero-order valence-corrected chi connectivity index (χ0v) is 17.1. The van der Waals surface area contributed by atoms with Crippen molar-refractivity contribution in [3.05, 3.63) is 59.4 Å². The number of nitrogens with one attached hydrogen (secondary N) is 2. The number of para-hydroxylation sites is 1. The molecule has 1 aliphatic heterocycles. The number of hydrogen-bond donors (Lipinski definition) is 3. The van der Waals surface area contributed by atoms with E-state index in [-0.39, 0.29) is 24.1 Å². The van der Waals surface area contributed by atoms with Gasteiger partial charge in [-0.3, -0.25) is 9.78 Å². The number of carboxylic acids is 1. The average molecular weight is 412 g/mol. The molecule has 1 aromatic carbocycles. The lowest BCUT2D eigenvalue weighted by Crippen LogP contribution is -2.47. The Morgan fingerprint density at radius 1 is 1.23 bits per heavy atom. The van der Waals surface area contributed by atoms with Crippen molar-refractivity contribution >= 4 is 11.9 Å². The smallest absolute Gasteiger partial charge is 0.335 e. The summed E-state index contributed by atoms with van der Waals surface area (Å²) in [5.74, 6) is -0.183. The monoisotopic (exact) mass is 412 g/mol. The van der Waals surface area contributed by atoms with Crippen molar-refractivity contribution in [2.75, 3.05) is 19.6 Å². The van der Waals surface area contributed by atoms with Crippen LogP contribution in [-0.4, -0.2) is 52.7 Å². The van der Waals surface area contributed by atoms with E-state index in [1.165, 1.54) is 23.9 Å². The van der Waals surface area contributed by atoms with E-state index in [2.05, 4.69) is 28.6 Å². The third-order valence-electron chi connectivity index (χ3n) is 5.06. The number of benzene rings is 1. The van der Waals surface area contributed by atoms with Crippen molar-refractivity contribution in [2.24, 2.45) is 0 Å². The van der Waals surface area contributed by atoms with Crippen LogP contribution in [0.2, 0.25) is 0 Å². The first kappa shape index (κ1) is 21.7. The number of carbonyl (C=O) groups excluding carboxylic acids is 1. The van der Waals surface area contributed by atoms with Crippen molar-refractivity contribution < 1.29 is 19.5 Å². The first-order chi connectivity index (χ1) is 14.5. The highest BCUT2D eigenvalue weighted by Crippen LogP contribution is 2.21. The highest BCUT2D eigenvalue weighted by molar-refractivity contribution is 5.87. The van der Waals surface area contributed by atoms with E-state index >= 15 is 0 Å². The summed E-state index contributed by atoms with van der Waals surface area (Å²) in [4.78, 5) is 33.3. The van der Waals surface area contributed by atoms with E-state index in [4.69, 9.17) is 9.94 Å². The normalized spacial score (nSPS) is 15.0. The van der Waals surface area contributed by atoms with Gasteiger partial charge >= 0.3 is 5.97 Å². The van der Waals surface area contributed by atoms with Crippen LogP contribution >= 0.6 is 0 Å². The van der Waals surface area contributed by atoms with Gasteiger partial charge in [-0.05, 0) is 43.0 Å². The van der Waals surface area contributed by atoms with Gasteiger partial charge in [-0.25, -0.2) is 4.79 Å². The number of amides is 1. The van der Waals surface area contributed by atoms with Gasteiger partial charge in [-0.1, -0.05) is 25.1 Å². The van der Waals surface area contributed by atoms with Gasteiger partial charge in [0.05, 0.1) is 17.8 Å². The number of carboxylic acid groups (broad SMARTS) is 1. The maximum absolute atomic E-state index is 12.2. The number of hydroxylamine groups is 2. The van der Waals surface area contributed by atoms with E-state index < -0.39 is 5.97 Å². The van der Waals surface area contributed by atoms with Crippen LogP contribution in [0.5, 0.6) is 5.75 Å². The predicted octanol–water partition coefficient (Wildman–Crippen LogP) is 2.01. The minimum absolute atomic E-state index is 0.0833. The Hall–Kier alpha value is -2.97. The Morgan fingerprint density at radius 3 is 2.73 bits per heavy atom. The molecule has 1 aromatic heterocycles. The molecule has 0 unspecified atom stereocenters. The van der Waals surface area contributed by atoms with Crippen molar-refractivity contribution in [3.63, 3.8) is 0 Å².